The predicted octanol–water partition coefficient (Wildman–Crippen LogP) is 3.32. The van der Waals surface area contributed by atoms with E-state index in [1.807, 2.05) is 31.2 Å². The van der Waals surface area contributed by atoms with Crippen molar-refractivity contribution in [2.45, 2.75) is 17.8 Å². The molecule has 6 nitrogen and oxygen atoms in total. The van der Waals surface area contributed by atoms with Gasteiger partial charge in [-0.25, -0.2) is 15.0 Å². The smallest absolute Gasteiger partial charge is 0.226 e. The summed E-state index contributed by atoms with van der Waals surface area (Å²) in [5, 5.41) is 0.636. The molecule has 23 heavy (non-hydrogen) atoms. The third kappa shape index (κ3) is 3.81. The highest BCUT2D eigenvalue weighted by atomic mass is 32.2. The Balaban J connectivity index is 1.69. The van der Waals surface area contributed by atoms with E-state index in [9.17, 15) is 0 Å². The molecule has 0 unspecified atom stereocenters. The average Bonchev–Trinajstić information content (AvgIpc) is 3.01. The molecule has 0 bridgehead atoms. The predicted molar refractivity (Wildman–Crippen MR) is 89.2 cm³/mol. The lowest BCUT2D eigenvalue weighted by molar-refractivity contribution is 0.415. The molecule has 3 aromatic rings. The Labute approximate surface area is 138 Å². The zero-order chi connectivity index (χ0) is 16.2. The maximum atomic E-state index is 5.72. The number of oxazole rings is 1. The summed E-state index contributed by atoms with van der Waals surface area (Å²) in [5.41, 5.74) is 8.29. The van der Waals surface area contributed by atoms with Crippen LogP contribution in [0.15, 0.2) is 46.2 Å². The van der Waals surface area contributed by atoms with Crippen LogP contribution in [0.5, 0.6) is 5.75 Å². The molecule has 0 aliphatic rings. The van der Waals surface area contributed by atoms with E-state index in [0.717, 1.165) is 22.7 Å². The summed E-state index contributed by atoms with van der Waals surface area (Å²) in [5.74, 6) is 2.46. The summed E-state index contributed by atoms with van der Waals surface area (Å²) >= 11 is 1.47. The fraction of sp³-hybridized carbons (Fsp3) is 0.188. The van der Waals surface area contributed by atoms with Crippen LogP contribution in [0.3, 0.4) is 0 Å². The molecule has 118 valence electrons. The molecule has 0 aliphatic heterocycles. The Morgan fingerprint density at radius 2 is 1.96 bits per heavy atom. The van der Waals surface area contributed by atoms with Gasteiger partial charge in [-0.1, -0.05) is 11.8 Å². The zero-order valence-electron chi connectivity index (χ0n) is 12.8. The Morgan fingerprint density at radius 3 is 2.65 bits per heavy atom. The molecule has 0 spiro atoms. The van der Waals surface area contributed by atoms with E-state index in [4.69, 9.17) is 14.9 Å². The third-order valence-electron chi connectivity index (χ3n) is 3.09. The summed E-state index contributed by atoms with van der Waals surface area (Å²) in [6.07, 6.45) is 1.64. The number of thioether (sulfide) groups is 1. The highest BCUT2D eigenvalue weighted by Crippen LogP contribution is 2.25. The lowest BCUT2D eigenvalue weighted by Gasteiger charge is -2.01. The van der Waals surface area contributed by atoms with Gasteiger partial charge in [0.25, 0.3) is 0 Å². The first-order valence-corrected chi connectivity index (χ1v) is 7.95. The zero-order valence-corrected chi connectivity index (χ0v) is 13.6. The second-order valence-electron chi connectivity index (χ2n) is 4.88. The van der Waals surface area contributed by atoms with Crippen molar-refractivity contribution in [2.24, 2.45) is 0 Å². The Bertz CT molecular complexity index is 782. The number of benzene rings is 1. The first-order valence-electron chi connectivity index (χ1n) is 6.97. The molecule has 0 amide bonds. The number of methoxy groups -OCH3 is 1. The van der Waals surface area contributed by atoms with Crippen LogP contribution >= 0.6 is 11.8 Å². The fourth-order valence-corrected chi connectivity index (χ4v) is 2.80. The van der Waals surface area contributed by atoms with Gasteiger partial charge in [-0.3, -0.25) is 0 Å². The van der Waals surface area contributed by atoms with E-state index < -0.39 is 0 Å². The number of nitrogens with two attached hydrogens (primary N) is 1. The molecule has 0 fully saturated rings. The highest BCUT2D eigenvalue weighted by Gasteiger charge is 2.09. The van der Waals surface area contributed by atoms with Crippen molar-refractivity contribution < 1.29 is 9.15 Å². The summed E-state index contributed by atoms with van der Waals surface area (Å²) < 4.78 is 10.7. The van der Waals surface area contributed by atoms with Crippen LogP contribution < -0.4 is 10.5 Å². The van der Waals surface area contributed by atoms with E-state index in [0.29, 0.717) is 22.6 Å². The maximum absolute atomic E-state index is 5.72. The number of hydrogen-bond donors (Lipinski definition) is 1. The van der Waals surface area contributed by atoms with Crippen molar-refractivity contribution in [3.05, 3.63) is 48.0 Å². The van der Waals surface area contributed by atoms with Gasteiger partial charge in [0.05, 0.1) is 12.8 Å². The molecule has 1 aromatic carbocycles. The van der Waals surface area contributed by atoms with Gasteiger partial charge in [-0.15, -0.1) is 0 Å². The van der Waals surface area contributed by atoms with Crippen LogP contribution in [0.1, 0.15) is 11.4 Å². The number of aromatic nitrogens is 3. The number of nitrogen functional groups attached to an aromatic ring is 1. The van der Waals surface area contributed by atoms with Gasteiger partial charge in [0.15, 0.2) is 5.16 Å². The summed E-state index contributed by atoms with van der Waals surface area (Å²) in [4.78, 5) is 13.0. The van der Waals surface area contributed by atoms with Crippen molar-refractivity contribution in [1.82, 2.24) is 15.0 Å². The standard InChI is InChI=1S/C16H16N4O2S/c1-10-7-14(17)20-16(18-10)23-9-12-8-22-15(19-12)11-3-5-13(21-2)6-4-11/h3-8H,9H2,1-2H3,(H2,17,18,20). The van der Waals surface area contributed by atoms with E-state index in [2.05, 4.69) is 15.0 Å². The topological polar surface area (TPSA) is 87.1 Å². The van der Waals surface area contributed by atoms with Crippen molar-refractivity contribution in [1.29, 1.82) is 0 Å². The minimum absolute atomic E-state index is 0.471. The SMILES string of the molecule is COc1ccc(-c2nc(CSc3nc(C)cc(N)n3)co2)cc1. The molecule has 3 rings (SSSR count). The van der Waals surface area contributed by atoms with E-state index in [-0.39, 0.29) is 0 Å². The molecule has 0 saturated carbocycles. The van der Waals surface area contributed by atoms with Gasteiger partial charge >= 0.3 is 0 Å². The second kappa shape index (κ2) is 6.70. The molecule has 2 N–H and O–H groups in total. The first kappa shape index (κ1) is 15.4. The number of rotatable bonds is 5. The van der Waals surface area contributed by atoms with Gasteiger partial charge in [0.1, 0.15) is 17.8 Å². The molecule has 0 saturated heterocycles. The fourth-order valence-electron chi connectivity index (χ4n) is 2.01. The largest absolute Gasteiger partial charge is 0.497 e. The van der Waals surface area contributed by atoms with Crippen LogP contribution in [0.4, 0.5) is 5.82 Å². The quantitative estimate of drug-likeness (QED) is 0.568. The normalized spacial score (nSPS) is 10.7. The van der Waals surface area contributed by atoms with Crippen LogP contribution in [-0.2, 0) is 5.75 Å². The summed E-state index contributed by atoms with van der Waals surface area (Å²) in [6, 6.07) is 9.30. The number of hydrogen-bond acceptors (Lipinski definition) is 7. The maximum Gasteiger partial charge on any atom is 0.226 e. The minimum atomic E-state index is 0.471. The Kier molecular flexibility index (Phi) is 4.47. The van der Waals surface area contributed by atoms with Crippen molar-refractivity contribution >= 4 is 17.6 Å². The molecule has 0 aliphatic carbocycles. The summed E-state index contributed by atoms with van der Waals surface area (Å²) in [7, 11) is 1.63. The number of ether oxygens (including phenoxy) is 1. The van der Waals surface area contributed by atoms with Crippen molar-refractivity contribution in [2.75, 3.05) is 12.8 Å². The average molecular weight is 328 g/mol. The molecule has 0 atom stereocenters. The van der Waals surface area contributed by atoms with E-state index in [1.54, 1.807) is 19.4 Å². The Hall–Kier alpha value is -2.54. The molecule has 0 radical (unpaired) electrons. The summed E-state index contributed by atoms with van der Waals surface area (Å²) in [6.45, 7) is 1.89. The van der Waals surface area contributed by atoms with Crippen molar-refractivity contribution in [3.8, 4) is 17.2 Å². The first-order chi connectivity index (χ1) is 11.1. The molecular formula is C16H16N4O2S. The number of aryl methyl sites for hydroxylation is 1. The monoisotopic (exact) mass is 328 g/mol. The lowest BCUT2D eigenvalue weighted by atomic mass is 10.2. The third-order valence-corrected chi connectivity index (χ3v) is 3.97. The molecule has 2 heterocycles. The van der Waals surface area contributed by atoms with Crippen LogP contribution in [0.25, 0.3) is 11.5 Å². The lowest BCUT2D eigenvalue weighted by Crippen LogP contribution is -1.96. The second-order valence-corrected chi connectivity index (χ2v) is 5.82. The van der Waals surface area contributed by atoms with Crippen molar-refractivity contribution in [3.63, 3.8) is 0 Å². The van der Waals surface area contributed by atoms with Gasteiger partial charge in [-0.05, 0) is 31.2 Å². The molecular weight excluding hydrogens is 312 g/mol. The van der Waals surface area contributed by atoms with Crippen LogP contribution in [0.2, 0.25) is 0 Å². The molecule has 7 heteroatoms. The molecule has 2 aromatic heterocycles. The Morgan fingerprint density at radius 1 is 1.17 bits per heavy atom. The van der Waals surface area contributed by atoms with Crippen LogP contribution in [0, 0.1) is 6.92 Å². The van der Waals surface area contributed by atoms with Gasteiger partial charge in [-0.2, -0.15) is 0 Å². The van der Waals surface area contributed by atoms with Gasteiger partial charge in [0, 0.05) is 23.1 Å². The van der Waals surface area contributed by atoms with E-state index >= 15 is 0 Å². The van der Waals surface area contributed by atoms with Gasteiger partial charge < -0.3 is 14.9 Å². The number of anilines is 1. The highest BCUT2D eigenvalue weighted by molar-refractivity contribution is 7.98. The number of nitrogens with zero attached hydrogens (tertiary/aromatic N) is 3. The minimum Gasteiger partial charge on any atom is -0.497 e. The van der Waals surface area contributed by atoms with Gasteiger partial charge in [0.2, 0.25) is 5.89 Å². The van der Waals surface area contributed by atoms with Crippen LogP contribution in [-0.4, -0.2) is 22.1 Å². The van der Waals surface area contributed by atoms with E-state index in [1.165, 1.54) is 11.8 Å².